The molecule has 78 valence electrons. The summed E-state index contributed by atoms with van der Waals surface area (Å²) in [6.45, 7) is 7.52. The third kappa shape index (κ3) is 2.70. The van der Waals surface area contributed by atoms with Crippen LogP contribution in [0, 0.1) is 5.92 Å². The van der Waals surface area contributed by atoms with Crippen molar-refractivity contribution in [3.8, 4) is 0 Å². The molecule has 1 aliphatic carbocycles. The zero-order valence-corrected chi connectivity index (χ0v) is 9.44. The average molecular weight is 184 g/mol. The van der Waals surface area contributed by atoms with Gasteiger partial charge in [-0.05, 0) is 39.0 Å². The lowest BCUT2D eigenvalue weighted by Crippen LogP contribution is -2.38. The van der Waals surface area contributed by atoms with Crippen molar-refractivity contribution in [2.45, 2.75) is 64.9 Å². The highest BCUT2D eigenvalue weighted by Crippen LogP contribution is 2.36. The van der Waals surface area contributed by atoms with Crippen LogP contribution in [0.3, 0.4) is 0 Å². The molecule has 1 atom stereocenters. The molecule has 0 aromatic heterocycles. The van der Waals surface area contributed by atoms with E-state index in [1.165, 1.54) is 32.1 Å². The van der Waals surface area contributed by atoms with Gasteiger partial charge in [0.15, 0.2) is 0 Å². The lowest BCUT2D eigenvalue weighted by Gasteiger charge is -2.39. The van der Waals surface area contributed by atoms with Crippen LogP contribution in [0.1, 0.15) is 59.3 Å². The monoisotopic (exact) mass is 184 g/mol. The number of hydrogen-bond acceptors (Lipinski definition) is 1. The Balaban J connectivity index is 2.51. The Morgan fingerprint density at radius 2 is 1.77 bits per heavy atom. The summed E-state index contributed by atoms with van der Waals surface area (Å²) in [7, 11) is 0. The lowest BCUT2D eigenvalue weighted by molar-refractivity contribution is -0.0808. The van der Waals surface area contributed by atoms with Crippen LogP contribution in [0.4, 0.5) is 0 Å². The third-order valence-corrected chi connectivity index (χ3v) is 3.64. The SMILES string of the molecule is CCOC(C)(CC)C1CCCCC1. The molecule has 1 aliphatic rings. The van der Waals surface area contributed by atoms with Gasteiger partial charge in [0, 0.05) is 6.61 Å². The standard InChI is InChI=1S/C12H24O/c1-4-12(3,13-5-2)11-9-7-6-8-10-11/h11H,4-10H2,1-3H3. The van der Waals surface area contributed by atoms with E-state index < -0.39 is 0 Å². The minimum atomic E-state index is 0.162. The van der Waals surface area contributed by atoms with E-state index in [9.17, 15) is 0 Å². The first kappa shape index (κ1) is 11.0. The molecule has 0 aliphatic heterocycles. The lowest BCUT2D eigenvalue weighted by atomic mass is 9.76. The van der Waals surface area contributed by atoms with Gasteiger partial charge in [-0.2, -0.15) is 0 Å². The number of ether oxygens (including phenoxy) is 1. The highest BCUT2D eigenvalue weighted by atomic mass is 16.5. The van der Waals surface area contributed by atoms with Crippen LogP contribution in [0.5, 0.6) is 0 Å². The Morgan fingerprint density at radius 3 is 2.23 bits per heavy atom. The molecule has 0 heterocycles. The fourth-order valence-electron chi connectivity index (χ4n) is 2.55. The molecule has 0 aromatic rings. The molecule has 1 unspecified atom stereocenters. The highest BCUT2D eigenvalue weighted by Gasteiger charge is 2.33. The van der Waals surface area contributed by atoms with E-state index >= 15 is 0 Å². The average Bonchev–Trinajstić information content (AvgIpc) is 2.19. The normalized spacial score (nSPS) is 24.2. The molecule has 13 heavy (non-hydrogen) atoms. The van der Waals surface area contributed by atoms with Crippen LogP contribution in [0.2, 0.25) is 0 Å². The van der Waals surface area contributed by atoms with Crippen LogP contribution in [-0.2, 0) is 4.74 Å². The fourth-order valence-corrected chi connectivity index (χ4v) is 2.55. The van der Waals surface area contributed by atoms with E-state index in [1.807, 2.05) is 0 Å². The van der Waals surface area contributed by atoms with E-state index in [1.54, 1.807) is 0 Å². The topological polar surface area (TPSA) is 9.23 Å². The van der Waals surface area contributed by atoms with Crippen molar-refractivity contribution in [3.05, 3.63) is 0 Å². The molecule has 1 heteroatoms. The smallest absolute Gasteiger partial charge is 0.0679 e. The molecule has 0 aromatic carbocycles. The zero-order valence-electron chi connectivity index (χ0n) is 9.44. The second-order valence-corrected chi connectivity index (χ2v) is 4.43. The summed E-state index contributed by atoms with van der Waals surface area (Å²) in [5.41, 5.74) is 0.162. The maximum Gasteiger partial charge on any atom is 0.0679 e. The van der Waals surface area contributed by atoms with E-state index in [0.29, 0.717) is 0 Å². The van der Waals surface area contributed by atoms with Gasteiger partial charge in [0.1, 0.15) is 0 Å². The van der Waals surface area contributed by atoms with Crippen molar-refractivity contribution < 1.29 is 4.74 Å². The van der Waals surface area contributed by atoms with Crippen molar-refractivity contribution in [3.63, 3.8) is 0 Å². The summed E-state index contributed by atoms with van der Waals surface area (Å²) in [6.07, 6.45) is 8.17. The van der Waals surface area contributed by atoms with Crippen molar-refractivity contribution >= 4 is 0 Å². The number of hydrogen-bond donors (Lipinski definition) is 0. The van der Waals surface area contributed by atoms with Crippen LogP contribution in [0.15, 0.2) is 0 Å². The number of rotatable bonds is 4. The first-order chi connectivity index (χ1) is 6.23. The first-order valence-corrected chi connectivity index (χ1v) is 5.87. The van der Waals surface area contributed by atoms with Gasteiger partial charge in [-0.25, -0.2) is 0 Å². The molecule has 0 N–H and O–H groups in total. The second kappa shape index (κ2) is 4.99. The van der Waals surface area contributed by atoms with E-state index in [2.05, 4.69) is 20.8 Å². The Hall–Kier alpha value is -0.0400. The van der Waals surface area contributed by atoms with Gasteiger partial charge in [0.25, 0.3) is 0 Å². The second-order valence-electron chi connectivity index (χ2n) is 4.43. The van der Waals surface area contributed by atoms with Gasteiger partial charge in [-0.3, -0.25) is 0 Å². The Kier molecular flexibility index (Phi) is 4.24. The molecular weight excluding hydrogens is 160 g/mol. The van der Waals surface area contributed by atoms with Gasteiger partial charge >= 0.3 is 0 Å². The van der Waals surface area contributed by atoms with E-state index in [0.717, 1.165) is 18.9 Å². The summed E-state index contributed by atoms with van der Waals surface area (Å²) in [5.74, 6) is 0.811. The maximum absolute atomic E-state index is 5.92. The molecule has 0 saturated heterocycles. The molecule has 1 rings (SSSR count). The van der Waals surface area contributed by atoms with E-state index in [-0.39, 0.29) is 5.60 Å². The van der Waals surface area contributed by atoms with Crippen molar-refractivity contribution in [2.75, 3.05) is 6.61 Å². The van der Waals surface area contributed by atoms with Gasteiger partial charge in [-0.1, -0.05) is 26.2 Å². The molecule has 1 saturated carbocycles. The summed E-state index contributed by atoms with van der Waals surface area (Å²) < 4.78 is 5.92. The van der Waals surface area contributed by atoms with Gasteiger partial charge < -0.3 is 4.74 Å². The molecular formula is C12H24O. The Morgan fingerprint density at radius 1 is 1.15 bits per heavy atom. The molecule has 0 spiro atoms. The molecule has 0 radical (unpaired) electrons. The summed E-state index contributed by atoms with van der Waals surface area (Å²) in [5, 5.41) is 0. The predicted octanol–water partition coefficient (Wildman–Crippen LogP) is 3.77. The minimum Gasteiger partial charge on any atom is -0.375 e. The molecule has 1 nitrogen and oxygen atoms in total. The zero-order chi connectivity index (χ0) is 9.73. The summed E-state index contributed by atoms with van der Waals surface area (Å²) in [4.78, 5) is 0. The van der Waals surface area contributed by atoms with Crippen LogP contribution < -0.4 is 0 Å². The maximum atomic E-state index is 5.92. The third-order valence-electron chi connectivity index (χ3n) is 3.64. The minimum absolute atomic E-state index is 0.162. The predicted molar refractivity (Wildman–Crippen MR) is 56.9 cm³/mol. The van der Waals surface area contributed by atoms with Crippen LogP contribution in [0.25, 0.3) is 0 Å². The van der Waals surface area contributed by atoms with Gasteiger partial charge in [-0.15, -0.1) is 0 Å². The van der Waals surface area contributed by atoms with Crippen molar-refractivity contribution in [2.24, 2.45) is 5.92 Å². The largest absolute Gasteiger partial charge is 0.375 e. The van der Waals surface area contributed by atoms with E-state index in [4.69, 9.17) is 4.74 Å². The molecule has 1 fully saturated rings. The Bertz CT molecular complexity index is 138. The fraction of sp³-hybridized carbons (Fsp3) is 1.00. The van der Waals surface area contributed by atoms with Gasteiger partial charge in [0.05, 0.1) is 5.60 Å². The van der Waals surface area contributed by atoms with Crippen LogP contribution in [-0.4, -0.2) is 12.2 Å². The van der Waals surface area contributed by atoms with Gasteiger partial charge in [0.2, 0.25) is 0 Å². The van der Waals surface area contributed by atoms with Crippen LogP contribution >= 0.6 is 0 Å². The quantitative estimate of drug-likeness (QED) is 0.646. The Labute approximate surface area is 82.9 Å². The van der Waals surface area contributed by atoms with Crippen molar-refractivity contribution in [1.29, 1.82) is 0 Å². The molecule has 0 amide bonds. The van der Waals surface area contributed by atoms with Crippen molar-refractivity contribution in [1.82, 2.24) is 0 Å². The summed E-state index contributed by atoms with van der Waals surface area (Å²) in [6, 6.07) is 0. The first-order valence-electron chi connectivity index (χ1n) is 5.87. The summed E-state index contributed by atoms with van der Waals surface area (Å²) >= 11 is 0. The highest BCUT2D eigenvalue weighted by molar-refractivity contribution is 4.84. The molecule has 0 bridgehead atoms.